The Morgan fingerprint density at radius 1 is 1.27 bits per heavy atom. The number of thiophene rings is 1. The minimum atomic E-state index is -3.78. The number of primary sulfonamides is 1. The van der Waals surface area contributed by atoms with Crippen LogP contribution < -0.4 is 10.5 Å². The summed E-state index contributed by atoms with van der Waals surface area (Å²) < 4.78 is 22.3. The lowest BCUT2D eigenvalue weighted by molar-refractivity contribution is -0.112. The second-order valence-corrected chi connectivity index (χ2v) is 6.75. The van der Waals surface area contributed by atoms with Gasteiger partial charge in [-0.3, -0.25) is 4.79 Å². The zero-order valence-electron chi connectivity index (χ0n) is 11.2. The molecule has 22 heavy (non-hydrogen) atoms. The summed E-state index contributed by atoms with van der Waals surface area (Å²) in [6, 6.07) is 10.8. The third-order valence-electron chi connectivity index (χ3n) is 2.64. The monoisotopic (exact) mass is 333 g/mol. The van der Waals surface area contributed by atoms with E-state index in [-0.39, 0.29) is 10.5 Å². The maximum atomic E-state index is 12.0. The molecule has 1 amide bonds. The van der Waals surface area contributed by atoms with Crippen molar-refractivity contribution in [2.75, 3.05) is 5.32 Å². The van der Waals surface area contributed by atoms with Gasteiger partial charge in [0.15, 0.2) is 0 Å². The number of rotatable bonds is 4. The van der Waals surface area contributed by atoms with Crippen LogP contribution in [0.5, 0.6) is 0 Å². The topological polar surface area (TPSA) is 113 Å². The average molecular weight is 333 g/mol. The van der Waals surface area contributed by atoms with Crippen molar-refractivity contribution in [3.63, 3.8) is 0 Å². The van der Waals surface area contributed by atoms with Gasteiger partial charge in [-0.2, -0.15) is 5.26 Å². The maximum absolute atomic E-state index is 12.0. The molecule has 0 fully saturated rings. The number of nitrogens with one attached hydrogen (secondary N) is 1. The smallest absolute Gasteiger partial charge is 0.266 e. The predicted molar refractivity (Wildman–Crippen MR) is 84.4 cm³/mol. The Balaban J connectivity index is 2.16. The molecule has 1 aromatic carbocycles. The predicted octanol–water partition coefficient (Wildman–Crippen LogP) is 1.94. The van der Waals surface area contributed by atoms with E-state index in [0.717, 1.165) is 4.88 Å². The molecule has 6 nitrogen and oxygen atoms in total. The van der Waals surface area contributed by atoms with Crippen molar-refractivity contribution in [1.29, 1.82) is 5.26 Å². The summed E-state index contributed by atoms with van der Waals surface area (Å²) in [6.07, 6.45) is 1.48. The molecule has 0 radical (unpaired) electrons. The number of carbonyl (C=O) groups is 1. The molecule has 1 aromatic heterocycles. The number of sulfonamides is 1. The molecule has 0 bridgehead atoms. The van der Waals surface area contributed by atoms with Crippen LogP contribution in [0.4, 0.5) is 5.69 Å². The molecule has 0 saturated heterocycles. The number of benzene rings is 1. The SMILES string of the molecule is N#CC(=Cc1cccs1)C(=O)Nc1ccc(S(N)(=O)=O)cc1. The molecule has 0 aliphatic heterocycles. The van der Waals surface area contributed by atoms with Crippen molar-refractivity contribution < 1.29 is 13.2 Å². The van der Waals surface area contributed by atoms with Crippen molar-refractivity contribution in [1.82, 2.24) is 0 Å². The quantitative estimate of drug-likeness (QED) is 0.657. The molecular formula is C14H11N3O3S2. The number of nitrogens with zero attached hydrogens (tertiary/aromatic N) is 1. The van der Waals surface area contributed by atoms with Crippen LogP contribution >= 0.6 is 11.3 Å². The van der Waals surface area contributed by atoms with Crippen molar-refractivity contribution in [2.24, 2.45) is 5.14 Å². The number of nitrogens with two attached hydrogens (primary N) is 1. The Bertz CT molecular complexity index is 846. The molecule has 112 valence electrons. The van der Waals surface area contributed by atoms with Gasteiger partial charge in [-0.15, -0.1) is 11.3 Å². The molecule has 2 rings (SSSR count). The van der Waals surface area contributed by atoms with Gasteiger partial charge in [0.1, 0.15) is 11.6 Å². The van der Waals surface area contributed by atoms with Crippen LogP contribution in [0, 0.1) is 11.3 Å². The Hall–Kier alpha value is -2.47. The Labute approximate surface area is 131 Å². The first-order valence-corrected chi connectivity index (χ1v) is 8.42. The van der Waals surface area contributed by atoms with Crippen LogP contribution in [0.3, 0.4) is 0 Å². The fraction of sp³-hybridized carbons (Fsp3) is 0. The van der Waals surface area contributed by atoms with Gasteiger partial charge in [0.25, 0.3) is 5.91 Å². The number of hydrogen-bond donors (Lipinski definition) is 2. The van der Waals surface area contributed by atoms with Crippen molar-refractivity contribution in [3.8, 4) is 6.07 Å². The summed E-state index contributed by atoms with van der Waals surface area (Å²) in [4.78, 5) is 12.7. The van der Waals surface area contributed by atoms with Crippen LogP contribution in [-0.4, -0.2) is 14.3 Å². The third-order valence-corrected chi connectivity index (χ3v) is 4.38. The summed E-state index contributed by atoms with van der Waals surface area (Å²) in [5, 5.41) is 18.4. The Kier molecular flexibility index (Phi) is 4.72. The van der Waals surface area contributed by atoms with Crippen LogP contribution in [0.15, 0.2) is 52.2 Å². The van der Waals surface area contributed by atoms with Gasteiger partial charge in [-0.05, 0) is 41.8 Å². The number of anilines is 1. The van der Waals surface area contributed by atoms with E-state index in [9.17, 15) is 13.2 Å². The van der Waals surface area contributed by atoms with Gasteiger partial charge in [0.2, 0.25) is 10.0 Å². The summed E-state index contributed by atoms with van der Waals surface area (Å²) in [6.45, 7) is 0. The molecule has 0 atom stereocenters. The van der Waals surface area contributed by atoms with Crippen LogP contribution in [-0.2, 0) is 14.8 Å². The number of hydrogen-bond acceptors (Lipinski definition) is 5. The third kappa shape index (κ3) is 4.02. The van der Waals surface area contributed by atoms with E-state index in [1.54, 1.807) is 6.07 Å². The standard InChI is InChI=1S/C14H11N3O3S2/c15-9-10(8-12-2-1-7-21-12)14(18)17-11-3-5-13(6-4-11)22(16,19)20/h1-8H,(H,17,18)(H2,16,19,20). The lowest BCUT2D eigenvalue weighted by Gasteiger charge is -2.05. The summed E-state index contributed by atoms with van der Waals surface area (Å²) >= 11 is 1.41. The molecule has 0 aliphatic rings. The zero-order chi connectivity index (χ0) is 16.2. The van der Waals surface area contributed by atoms with E-state index in [1.807, 2.05) is 17.5 Å². The van der Waals surface area contributed by atoms with Crippen LogP contribution in [0.1, 0.15) is 4.88 Å². The van der Waals surface area contributed by atoms with Gasteiger partial charge >= 0.3 is 0 Å². The second-order valence-electron chi connectivity index (χ2n) is 4.21. The Morgan fingerprint density at radius 3 is 2.45 bits per heavy atom. The van der Waals surface area contributed by atoms with Gasteiger partial charge in [-0.25, -0.2) is 13.6 Å². The lowest BCUT2D eigenvalue weighted by Crippen LogP contribution is -2.14. The maximum Gasteiger partial charge on any atom is 0.266 e. The first-order chi connectivity index (χ1) is 10.4. The average Bonchev–Trinajstić information content (AvgIpc) is 2.97. The highest BCUT2D eigenvalue weighted by atomic mass is 32.2. The van der Waals surface area contributed by atoms with Gasteiger partial charge in [0.05, 0.1) is 4.90 Å². The minimum Gasteiger partial charge on any atom is -0.321 e. The summed E-state index contributed by atoms with van der Waals surface area (Å²) in [5.74, 6) is -0.570. The molecule has 0 aliphatic carbocycles. The van der Waals surface area contributed by atoms with E-state index in [0.29, 0.717) is 5.69 Å². The highest BCUT2D eigenvalue weighted by Crippen LogP contribution is 2.16. The highest BCUT2D eigenvalue weighted by Gasteiger charge is 2.11. The molecule has 0 spiro atoms. The summed E-state index contributed by atoms with van der Waals surface area (Å²) in [5.41, 5.74) is 0.322. The normalized spacial score (nSPS) is 11.7. The summed E-state index contributed by atoms with van der Waals surface area (Å²) in [7, 11) is -3.78. The number of amides is 1. The van der Waals surface area contributed by atoms with E-state index in [1.165, 1.54) is 41.7 Å². The van der Waals surface area contributed by atoms with E-state index in [4.69, 9.17) is 10.4 Å². The van der Waals surface area contributed by atoms with Crippen molar-refractivity contribution in [2.45, 2.75) is 4.90 Å². The minimum absolute atomic E-state index is 0.0435. The van der Waals surface area contributed by atoms with Crippen molar-refractivity contribution >= 4 is 39.0 Å². The van der Waals surface area contributed by atoms with Crippen LogP contribution in [0.2, 0.25) is 0 Å². The van der Waals surface area contributed by atoms with Gasteiger partial charge in [0, 0.05) is 10.6 Å². The molecule has 1 heterocycles. The van der Waals surface area contributed by atoms with E-state index < -0.39 is 15.9 Å². The van der Waals surface area contributed by atoms with E-state index in [2.05, 4.69) is 5.32 Å². The largest absolute Gasteiger partial charge is 0.321 e. The molecular weight excluding hydrogens is 322 g/mol. The number of carbonyl (C=O) groups excluding carboxylic acids is 1. The molecule has 0 unspecified atom stereocenters. The van der Waals surface area contributed by atoms with Gasteiger partial charge < -0.3 is 5.32 Å². The Morgan fingerprint density at radius 2 is 1.95 bits per heavy atom. The second kappa shape index (κ2) is 6.53. The van der Waals surface area contributed by atoms with Crippen molar-refractivity contribution in [3.05, 3.63) is 52.2 Å². The highest BCUT2D eigenvalue weighted by molar-refractivity contribution is 7.89. The molecule has 8 heteroatoms. The zero-order valence-corrected chi connectivity index (χ0v) is 12.8. The van der Waals surface area contributed by atoms with Gasteiger partial charge in [-0.1, -0.05) is 6.07 Å². The van der Waals surface area contributed by atoms with Crippen LogP contribution in [0.25, 0.3) is 6.08 Å². The molecule has 0 saturated carbocycles. The molecule has 3 N–H and O–H groups in total. The number of nitriles is 1. The first-order valence-electron chi connectivity index (χ1n) is 5.99. The lowest BCUT2D eigenvalue weighted by atomic mass is 10.2. The fourth-order valence-electron chi connectivity index (χ4n) is 1.59. The fourth-order valence-corrected chi connectivity index (χ4v) is 2.76. The first kappa shape index (κ1) is 15.9. The molecule has 2 aromatic rings. The van der Waals surface area contributed by atoms with E-state index >= 15 is 0 Å².